The molecule has 2 aliphatic rings. The second kappa shape index (κ2) is 9.25. The maximum atomic E-state index is 12.6. The fraction of sp³-hybridized carbons (Fsp3) is 0.423. The molecule has 2 unspecified atom stereocenters. The van der Waals surface area contributed by atoms with Crippen LogP contribution in [-0.2, 0) is 14.3 Å². The first-order valence-electron chi connectivity index (χ1n) is 11.4. The van der Waals surface area contributed by atoms with E-state index in [0.29, 0.717) is 12.8 Å². The van der Waals surface area contributed by atoms with Crippen molar-refractivity contribution in [1.82, 2.24) is 10.6 Å². The molecule has 0 aromatic heterocycles. The lowest BCUT2D eigenvalue weighted by molar-refractivity contribution is -0.142. The van der Waals surface area contributed by atoms with Gasteiger partial charge in [0.2, 0.25) is 5.91 Å². The monoisotopic (exact) mass is 450 g/mol. The Morgan fingerprint density at radius 3 is 2.21 bits per heavy atom. The van der Waals surface area contributed by atoms with E-state index in [4.69, 9.17) is 4.74 Å². The van der Waals surface area contributed by atoms with Crippen LogP contribution in [0.3, 0.4) is 0 Å². The molecule has 3 N–H and O–H groups in total. The number of amides is 2. The van der Waals surface area contributed by atoms with E-state index in [1.807, 2.05) is 24.3 Å². The van der Waals surface area contributed by atoms with E-state index in [1.54, 1.807) is 13.8 Å². The maximum absolute atomic E-state index is 12.6. The maximum Gasteiger partial charge on any atom is 0.407 e. The van der Waals surface area contributed by atoms with E-state index in [2.05, 4.69) is 34.9 Å². The molecule has 0 saturated heterocycles. The Hall–Kier alpha value is -3.35. The summed E-state index contributed by atoms with van der Waals surface area (Å²) in [6.45, 7) is 3.69. The molecule has 7 nitrogen and oxygen atoms in total. The standard InChI is InChI=1S/C26H30N2O5/c1-26(2,14-23(29)27-22-13-7-12-20(22)24(30)31)28-25(32)33-15-21-18-10-5-3-8-16(18)17-9-4-6-11-19(17)21/h3-6,8-11,20-22H,7,12-15H2,1-2H3,(H,27,29)(H,28,32)(H,30,31). The predicted octanol–water partition coefficient (Wildman–Crippen LogP) is 4.06. The number of carboxylic acid groups (broad SMARTS) is 1. The molecule has 0 bridgehead atoms. The van der Waals surface area contributed by atoms with Crippen molar-refractivity contribution in [2.75, 3.05) is 6.61 Å². The van der Waals surface area contributed by atoms with E-state index in [9.17, 15) is 19.5 Å². The zero-order valence-electron chi connectivity index (χ0n) is 19.0. The highest BCUT2D eigenvalue weighted by molar-refractivity contribution is 5.81. The number of benzene rings is 2. The van der Waals surface area contributed by atoms with Crippen molar-refractivity contribution in [3.05, 3.63) is 59.7 Å². The summed E-state index contributed by atoms with van der Waals surface area (Å²) < 4.78 is 5.58. The van der Waals surface area contributed by atoms with Gasteiger partial charge in [0.25, 0.3) is 0 Å². The highest BCUT2D eigenvalue weighted by Crippen LogP contribution is 2.44. The van der Waals surface area contributed by atoms with Crippen LogP contribution in [0.1, 0.15) is 56.6 Å². The van der Waals surface area contributed by atoms with E-state index < -0.39 is 23.5 Å². The zero-order chi connectivity index (χ0) is 23.6. The normalized spacial score (nSPS) is 19.5. The molecule has 174 valence electrons. The number of aliphatic carboxylic acids is 1. The molecule has 0 heterocycles. The van der Waals surface area contributed by atoms with Crippen LogP contribution in [0.2, 0.25) is 0 Å². The highest BCUT2D eigenvalue weighted by Gasteiger charge is 2.35. The fourth-order valence-corrected chi connectivity index (χ4v) is 5.04. The van der Waals surface area contributed by atoms with Crippen molar-refractivity contribution in [2.24, 2.45) is 5.92 Å². The minimum Gasteiger partial charge on any atom is -0.481 e. The summed E-state index contributed by atoms with van der Waals surface area (Å²) in [4.78, 5) is 36.4. The molecule has 7 heteroatoms. The van der Waals surface area contributed by atoms with Gasteiger partial charge in [-0.25, -0.2) is 4.79 Å². The average molecular weight is 451 g/mol. The lowest BCUT2D eigenvalue weighted by Crippen LogP contribution is -2.49. The first kappa shape index (κ1) is 22.8. The average Bonchev–Trinajstić information content (AvgIpc) is 3.34. The van der Waals surface area contributed by atoms with Gasteiger partial charge in [-0.1, -0.05) is 55.0 Å². The zero-order valence-corrected chi connectivity index (χ0v) is 19.0. The summed E-state index contributed by atoms with van der Waals surface area (Å²) in [6.07, 6.45) is 1.45. The number of fused-ring (bicyclic) bond motifs is 3. The Bertz CT molecular complexity index is 1020. The Morgan fingerprint density at radius 1 is 1.00 bits per heavy atom. The van der Waals surface area contributed by atoms with Crippen molar-refractivity contribution in [3.8, 4) is 11.1 Å². The molecular formula is C26H30N2O5. The Balaban J connectivity index is 1.32. The number of ether oxygens (including phenoxy) is 1. The molecule has 0 spiro atoms. The molecule has 33 heavy (non-hydrogen) atoms. The van der Waals surface area contributed by atoms with Gasteiger partial charge >= 0.3 is 12.1 Å². The number of carbonyl (C=O) groups excluding carboxylic acids is 2. The molecule has 4 rings (SSSR count). The van der Waals surface area contributed by atoms with Crippen LogP contribution in [-0.4, -0.2) is 41.3 Å². The van der Waals surface area contributed by atoms with Crippen molar-refractivity contribution in [3.63, 3.8) is 0 Å². The molecular weight excluding hydrogens is 420 g/mol. The number of hydrogen-bond acceptors (Lipinski definition) is 4. The van der Waals surface area contributed by atoms with Gasteiger partial charge in [-0.05, 0) is 48.9 Å². The minimum atomic E-state index is -0.881. The Morgan fingerprint density at radius 2 is 1.61 bits per heavy atom. The van der Waals surface area contributed by atoms with E-state index in [0.717, 1.165) is 28.7 Å². The van der Waals surface area contributed by atoms with Crippen molar-refractivity contribution in [1.29, 1.82) is 0 Å². The van der Waals surface area contributed by atoms with Crippen molar-refractivity contribution < 1.29 is 24.2 Å². The largest absolute Gasteiger partial charge is 0.481 e. The third kappa shape index (κ3) is 5.02. The summed E-state index contributed by atoms with van der Waals surface area (Å²) in [6, 6.07) is 15.9. The van der Waals surface area contributed by atoms with Gasteiger partial charge in [0.05, 0.1) is 5.92 Å². The van der Waals surface area contributed by atoms with Crippen LogP contribution >= 0.6 is 0 Å². The topological polar surface area (TPSA) is 105 Å². The van der Waals surface area contributed by atoms with Gasteiger partial charge in [0.1, 0.15) is 6.61 Å². The van der Waals surface area contributed by atoms with E-state index in [-0.39, 0.29) is 30.9 Å². The van der Waals surface area contributed by atoms with Gasteiger partial charge in [-0.15, -0.1) is 0 Å². The Labute approximate surface area is 193 Å². The van der Waals surface area contributed by atoms with Gasteiger partial charge in [0.15, 0.2) is 0 Å². The van der Waals surface area contributed by atoms with E-state index in [1.165, 1.54) is 0 Å². The second-order valence-electron chi connectivity index (χ2n) is 9.56. The van der Waals surface area contributed by atoms with E-state index >= 15 is 0 Å². The fourth-order valence-electron chi connectivity index (χ4n) is 5.04. The lowest BCUT2D eigenvalue weighted by atomic mass is 9.98. The number of alkyl carbamates (subject to hydrolysis) is 1. The van der Waals surface area contributed by atoms with Crippen LogP contribution in [0.5, 0.6) is 0 Å². The van der Waals surface area contributed by atoms with Gasteiger partial charge < -0.3 is 20.5 Å². The first-order valence-corrected chi connectivity index (χ1v) is 11.4. The lowest BCUT2D eigenvalue weighted by Gasteiger charge is -2.27. The summed E-state index contributed by atoms with van der Waals surface area (Å²) in [5, 5.41) is 14.9. The van der Waals surface area contributed by atoms with Crippen molar-refractivity contribution >= 4 is 18.0 Å². The molecule has 2 amide bonds. The van der Waals surface area contributed by atoms with Crippen LogP contribution in [0, 0.1) is 5.92 Å². The molecule has 0 radical (unpaired) electrons. The second-order valence-corrected chi connectivity index (χ2v) is 9.56. The van der Waals surface area contributed by atoms with Gasteiger partial charge in [-0.2, -0.15) is 0 Å². The van der Waals surface area contributed by atoms with Crippen molar-refractivity contribution in [2.45, 2.75) is 57.0 Å². The summed E-state index contributed by atoms with van der Waals surface area (Å²) in [7, 11) is 0. The number of nitrogens with one attached hydrogen (secondary N) is 2. The van der Waals surface area contributed by atoms with Crippen LogP contribution < -0.4 is 10.6 Å². The Kier molecular flexibility index (Phi) is 6.40. The summed E-state index contributed by atoms with van der Waals surface area (Å²) in [5.41, 5.74) is 3.74. The van der Waals surface area contributed by atoms with Crippen LogP contribution in [0.15, 0.2) is 48.5 Å². The number of carbonyl (C=O) groups is 3. The third-order valence-electron chi connectivity index (χ3n) is 6.57. The smallest absolute Gasteiger partial charge is 0.407 e. The highest BCUT2D eigenvalue weighted by atomic mass is 16.5. The predicted molar refractivity (Wildman–Crippen MR) is 124 cm³/mol. The van der Waals surface area contributed by atoms with Gasteiger partial charge in [-0.3, -0.25) is 9.59 Å². The van der Waals surface area contributed by atoms with Crippen LogP contribution in [0.25, 0.3) is 11.1 Å². The number of hydrogen-bond donors (Lipinski definition) is 3. The number of rotatable bonds is 7. The number of carboxylic acids is 1. The first-order chi connectivity index (χ1) is 15.7. The minimum absolute atomic E-state index is 0.0278. The molecule has 1 saturated carbocycles. The van der Waals surface area contributed by atoms with Crippen LogP contribution in [0.4, 0.5) is 4.79 Å². The molecule has 2 aromatic rings. The summed E-state index contributed by atoms with van der Waals surface area (Å²) >= 11 is 0. The summed E-state index contributed by atoms with van der Waals surface area (Å²) in [5.74, 6) is -1.75. The molecule has 1 fully saturated rings. The molecule has 0 aliphatic heterocycles. The molecule has 2 atom stereocenters. The SMILES string of the molecule is CC(C)(CC(=O)NC1CCCC1C(=O)O)NC(=O)OCC1c2ccccc2-c2ccccc21. The quantitative estimate of drug-likeness (QED) is 0.590. The third-order valence-corrected chi connectivity index (χ3v) is 6.57. The molecule has 2 aromatic carbocycles. The van der Waals surface area contributed by atoms with Gasteiger partial charge in [0, 0.05) is 23.9 Å². The molecule has 2 aliphatic carbocycles.